The summed E-state index contributed by atoms with van der Waals surface area (Å²) in [4.78, 5) is 7.91. The van der Waals surface area contributed by atoms with Crippen molar-refractivity contribution in [1.82, 2.24) is 19.7 Å². The number of hydrogen-bond acceptors (Lipinski definition) is 4. The van der Waals surface area contributed by atoms with Gasteiger partial charge in [-0.1, -0.05) is 11.6 Å². The molecule has 0 bridgehead atoms. The van der Waals surface area contributed by atoms with Crippen molar-refractivity contribution in [3.8, 4) is 11.9 Å². The largest absolute Gasteiger partial charge is 0.245 e. The summed E-state index contributed by atoms with van der Waals surface area (Å²) in [5, 5.41) is 13.8. The highest BCUT2D eigenvalue weighted by Gasteiger charge is 2.32. The van der Waals surface area contributed by atoms with Gasteiger partial charge in [-0.3, -0.25) is 0 Å². The zero-order valence-corrected chi connectivity index (χ0v) is 9.59. The second-order valence-electron chi connectivity index (χ2n) is 3.92. The standard InChI is InChI=1S/C11H8ClN5/c12-11-8(5-13)10(7-1-2-7)16-17(11)9-3-4-14-6-15-9/h3-4,6-7H,1-2H2. The lowest BCUT2D eigenvalue weighted by Gasteiger charge is -1.99. The van der Waals surface area contributed by atoms with Gasteiger partial charge in [-0.25, -0.2) is 14.6 Å². The van der Waals surface area contributed by atoms with Gasteiger partial charge in [0.05, 0.1) is 5.69 Å². The van der Waals surface area contributed by atoms with Gasteiger partial charge in [0.2, 0.25) is 0 Å². The Hall–Kier alpha value is -1.93. The summed E-state index contributed by atoms with van der Waals surface area (Å²) < 4.78 is 1.50. The fourth-order valence-electron chi connectivity index (χ4n) is 1.72. The Labute approximate surface area is 103 Å². The van der Waals surface area contributed by atoms with Crippen molar-refractivity contribution in [2.75, 3.05) is 0 Å². The van der Waals surface area contributed by atoms with Crippen LogP contribution in [0.15, 0.2) is 18.6 Å². The Balaban J connectivity index is 2.16. The van der Waals surface area contributed by atoms with Gasteiger partial charge in [-0.2, -0.15) is 10.4 Å². The summed E-state index contributed by atoms with van der Waals surface area (Å²) in [5.41, 5.74) is 1.25. The van der Waals surface area contributed by atoms with Gasteiger partial charge in [0.15, 0.2) is 11.0 Å². The number of halogens is 1. The average Bonchev–Trinajstić information content (AvgIpc) is 3.15. The topological polar surface area (TPSA) is 67.4 Å². The summed E-state index contributed by atoms with van der Waals surface area (Å²) >= 11 is 6.15. The molecular weight excluding hydrogens is 238 g/mol. The predicted molar refractivity (Wildman–Crippen MR) is 60.9 cm³/mol. The highest BCUT2D eigenvalue weighted by Crippen LogP contribution is 2.42. The smallest absolute Gasteiger partial charge is 0.158 e. The molecule has 3 rings (SSSR count). The van der Waals surface area contributed by atoms with E-state index in [0.29, 0.717) is 22.5 Å². The molecule has 0 atom stereocenters. The third-order valence-corrected chi connectivity index (χ3v) is 3.06. The molecule has 0 saturated heterocycles. The Bertz CT molecular complexity index is 594. The lowest BCUT2D eigenvalue weighted by molar-refractivity contribution is 0.808. The first kappa shape index (κ1) is 10.2. The highest BCUT2D eigenvalue weighted by atomic mass is 35.5. The quantitative estimate of drug-likeness (QED) is 0.812. The number of nitrogens with zero attached hydrogens (tertiary/aromatic N) is 5. The molecule has 17 heavy (non-hydrogen) atoms. The monoisotopic (exact) mass is 245 g/mol. The lowest BCUT2D eigenvalue weighted by Crippen LogP contribution is -2.00. The second kappa shape index (κ2) is 3.82. The van der Waals surface area contributed by atoms with Gasteiger partial charge in [0, 0.05) is 18.2 Å². The number of aromatic nitrogens is 4. The molecule has 1 aliphatic carbocycles. The van der Waals surface area contributed by atoms with Crippen LogP contribution in [0.2, 0.25) is 5.15 Å². The third-order valence-electron chi connectivity index (χ3n) is 2.72. The maximum atomic E-state index is 9.12. The maximum absolute atomic E-state index is 9.12. The summed E-state index contributed by atoms with van der Waals surface area (Å²) in [6.45, 7) is 0. The van der Waals surface area contributed by atoms with Crippen molar-refractivity contribution in [3.05, 3.63) is 35.0 Å². The molecule has 1 saturated carbocycles. The van der Waals surface area contributed by atoms with Crippen LogP contribution in [0.5, 0.6) is 0 Å². The molecule has 84 valence electrons. The molecular formula is C11H8ClN5. The first-order valence-corrected chi connectivity index (χ1v) is 5.64. The normalized spacial score (nSPS) is 14.6. The van der Waals surface area contributed by atoms with E-state index >= 15 is 0 Å². The number of hydrogen-bond donors (Lipinski definition) is 0. The van der Waals surface area contributed by atoms with Crippen molar-refractivity contribution < 1.29 is 0 Å². The molecule has 2 aromatic heterocycles. The van der Waals surface area contributed by atoms with Crippen LogP contribution in [0, 0.1) is 11.3 Å². The van der Waals surface area contributed by atoms with Crippen LogP contribution < -0.4 is 0 Å². The third kappa shape index (κ3) is 1.67. The van der Waals surface area contributed by atoms with E-state index in [4.69, 9.17) is 16.9 Å². The summed E-state index contributed by atoms with van der Waals surface area (Å²) in [7, 11) is 0. The molecule has 5 nitrogen and oxygen atoms in total. The molecule has 0 amide bonds. The summed E-state index contributed by atoms with van der Waals surface area (Å²) in [6, 6.07) is 3.82. The van der Waals surface area contributed by atoms with E-state index in [0.717, 1.165) is 18.5 Å². The minimum atomic E-state index is 0.327. The Morgan fingerprint density at radius 1 is 1.47 bits per heavy atom. The van der Waals surface area contributed by atoms with Gasteiger partial charge in [0.1, 0.15) is 18.0 Å². The second-order valence-corrected chi connectivity index (χ2v) is 4.27. The lowest BCUT2D eigenvalue weighted by atomic mass is 10.2. The van der Waals surface area contributed by atoms with Crippen LogP contribution in [0.25, 0.3) is 5.82 Å². The molecule has 0 aliphatic heterocycles. The van der Waals surface area contributed by atoms with Crippen LogP contribution >= 0.6 is 11.6 Å². The molecule has 0 spiro atoms. The van der Waals surface area contributed by atoms with Crippen LogP contribution in [0.1, 0.15) is 30.0 Å². The first-order chi connectivity index (χ1) is 8.31. The predicted octanol–water partition coefficient (Wildman–Crippen LogP) is 2.06. The van der Waals surface area contributed by atoms with Crippen LogP contribution in [0.4, 0.5) is 0 Å². The molecule has 1 aliphatic rings. The minimum absolute atomic E-state index is 0.327. The molecule has 2 aromatic rings. The van der Waals surface area contributed by atoms with E-state index < -0.39 is 0 Å². The molecule has 0 radical (unpaired) electrons. The highest BCUT2D eigenvalue weighted by molar-refractivity contribution is 6.31. The number of nitriles is 1. The van der Waals surface area contributed by atoms with Crippen molar-refractivity contribution in [3.63, 3.8) is 0 Å². The maximum Gasteiger partial charge on any atom is 0.158 e. The zero-order chi connectivity index (χ0) is 11.8. The molecule has 6 heteroatoms. The van der Waals surface area contributed by atoms with E-state index in [1.807, 2.05) is 0 Å². The van der Waals surface area contributed by atoms with E-state index in [1.165, 1.54) is 11.0 Å². The summed E-state index contributed by atoms with van der Waals surface area (Å²) in [5.74, 6) is 0.957. The Kier molecular flexibility index (Phi) is 2.30. The van der Waals surface area contributed by atoms with Crippen LogP contribution in [-0.2, 0) is 0 Å². The minimum Gasteiger partial charge on any atom is -0.245 e. The molecule has 0 N–H and O–H groups in total. The molecule has 1 fully saturated rings. The van der Waals surface area contributed by atoms with Gasteiger partial charge >= 0.3 is 0 Å². The first-order valence-electron chi connectivity index (χ1n) is 5.26. The van der Waals surface area contributed by atoms with Crippen LogP contribution in [-0.4, -0.2) is 19.7 Å². The van der Waals surface area contributed by atoms with Crippen LogP contribution in [0.3, 0.4) is 0 Å². The van der Waals surface area contributed by atoms with Gasteiger partial charge in [0.25, 0.3) is 0 Å². The van der Waals surface area contributed by atoms with Crippen molar-refractivity contribution in [2.24, 2.45) is 0 Å². The zero-order valence-electron chi connectivity index (χ0n) is 8.84. The molecule has 0 aromatic carbocycles. The Morgan fingerprint density at radius 3 is 2.88 bits per heavy atom. The fourth-order valence-corrected chi connectivity index (χ4v) is 1.98. The van der Waals surface area contributed by atoms with Crippen molar-refractivity contribution in [1.29, 1.82) is 5.26 Å². The van der Waals surface area contributed by atoms with E-state index in [2.05, 4.69) is 21.1 Å². The molecule has 2 heterocycles. The van der Waals surface area contributed by atoms with E-state index in [-0.39, 0.29) is 0 Å². The van der Waals surface area contributed by atoms with E-state index in [1.54, 1.807) is 12.3 Å². The van der Waals surface area contributed by atoms with Crippen molar-refractivity contribution >= 4 is 11.6 Å². The summed E-state index contributed by atoms with van der Waals surface area (Å²) in [6.07, 6.45) is 5.19. The fraction of sp³-hybridized carbons (Fsp3) is 0.273. The van der Waals surface area contributed by atoms with Gasteiger partial charge < -0.3 is 0 Å². The SMILES string of the molecule is N#Cc1c(C2CC2)nn(-c2ccncn2)c1Cl. The van der Waals surface area contributed by atoms with E-state index in [9.17, 15) is 0 Å². The average molecular weight is 246 g/mol. The van der Waals surface area contributed by atoms with Gasteiger partial charge in [-0.05, 0) is 12.8 Å². The van der Waals surface area contributed by atoms with Crippen molar-refractivity contribution in [2.45, 2.75) is 18.8 Å². The van der Waals surface area contributed by atoms with Gasteiger partial charge in [-0.15, -0.1) is 0 Å². The number of rotatable bonds is 2. The Morgan fingerprint density at radius 2 is 2.29 bits per heavy atom. The molecule has 0 unspecified atom stereocenters.